The van der Waals surface area contributed by atoms with Crippen LogP contribution in [0, 0.1) is 11.8 Å². The number of H-pyrrole nitrogens is 1. The van der Waals surface area contributed by atoms with Crippen LogP contribution in [0.3, 0.4) is 0 Å². The van der Waals surface area contributed by atoms with Gasteiger partial charge in [0.15, 0.2) is 0 Å². The summed E-state index contributed by atoms with van der Waals surface area (Å²) >= 11 is 0. The molecule has 0 aromatic carbocycles. The van der Waals surface area contributed by atoms with Crippen LogP contribution < -0.4 is 11.2 Å². The molecule has 1 aliphatic rings. The van der Waals surface area contributed by atoms with Gasteiger partial charge in [-0.05, 0) is 0 Å². The number of rotatable bonds is 4. The van der Waals surface area contributed by atoms with Gasteiger partial charge < -0.3 is 14.3 Å². The van der Waals surface area contributed by atoms with Crippen LogP contribution in [-0.2, 0) is 14.3 Å². The molecule has 1 aromatic heterocycles. The molecule has 1 aromatic rings. The Kier molecular flexibility index (Phi) is 3.57. The van der Waals surface area contributed by atoms with Crippen LogP contribution in [0.2, 0.25) is 0 Å². The standard InChI is InChI=1S/C12H12N2O5/c1-2-9-7(5-15)8(6-16)11(19-9)14-4-3-10(17)13-12(14)18/h2-9,11H,1H2,(H,13,17,18)/t7-,8+,9+,11+/m0/s1. The molecule has 0 unspecified atom stereocenters. The molecule has 19 heavy (non-hydrogen) atoms. The Morgan fingerprint density at radius 3 is 2.47 bits per heavy atom. The van der Waals surface area contributed by atoms with Gasteiger partial charge in [0.25, 0.3) is 5.56 Å². The van der Waals surface area contributed by atoms with E-state index in [1.807, 2.05) is 0 Å². The summed E-state index contributed by atoms with van der Waals surface area (Å²) in [6, 6.07) is 1.14. The lowest BCUT2D eigenvalue weighted by molar-refractivity contribution is -0.119. The average molecular weight is 264 g/mol. The third-order valence-electron chi connectivity index (χ3n) is 3.12. The number of nitrogens with zero attached hydrogens (tertiary/aromatic N) is 1. The number of aromatic amines is 1. The van der Waals surface area contributed by atoms with Crippen molar-refractivity contribution in [2.45, 2.75) is 12.3 Å². The van der Waals surface area contributed by atoms with Gasteiger partial charge in [0, 0.05) is 12.3 Å². The van der Waals surface area contributed by atoms with Crippen LogP contribution in [0.25, 0.3) is 0 Å². The van der Waals surface area contributed by atoms with Crippen molar-refractivity contribution in [3.8, 4) is 0 Å². The predicted molar refractivity (Wildman–Crippen MR) is 64.5 cm³/mol. The molecule has 0 aliphatic carbocycles. The van der Waals surface area contributed by atoms with Gasteiger partial charge in [0.2, 0.25) is 0 Å². The van der Waals surface area contributed by atoms with Gasteiger partial charge in [-0.1, -0.05) is 6.08 Å². The van der Waals surface area contributed by atoms with E-state index in [-0.39, 0.29) is 0 Å². The molecular weight excluding hydrogens is 252 g/mol. The van der Waals surface area contributed by atoms with E-state index in [0.717, 1.165) is 10.6 Å². The van der Waals surface area contributed by atoms with E-state index in [1.165, 1.54) is 12.3 Å². The predicted octanol–water partition coefficient (Wildman–Crippen LogP) is -0.750. The van der Waals surface area contributed by atoms with Crippen LogP contribution in [0.5, 0.6) is 0 Å². The van der Waals surface area contributed by atoms with Crippen molar-refractivity contribution in [3.63, 3.8) is 0 Å². The number of ether oxygens (including phenoxy) is 1. The van der Waals surface area contributed by atoms with Crippen molar-refractivity contribution in [2.24, 2.45) is 11.8 Å². The fourth-order valence-electron chi connectivity index (χ4n) is 2.17. The number of aromatic nitrogens is 2. The van der Waals surface area contributed by atoms with Crippen molar-refractivity contribution in [3.05, 3.63) is 45.8 Å². The van der Waals surface area contributed by atoms with E-state index in [9.17, 15) is 19.2 Å². The van der Waals surface area contributed by atoms with Crippen molar-refractivity contribution in [1.29, 1.82) is 0 Å². The molecule has 1 N–H and O–H groups in total. The molecule has 0 bridgehead atoms. The topological polar surface area (TPSA) is 98.2 Å². The lowest BCUT2D eigenvalue weighted by Gasteiger charge is -2.16. The molecule has 0 spiro atoms. The quantitative estimate of drug-likeness (QED) is 0.570. The van der Waals surface area contributed by atoms with Crippen LogP contribution in [0.4, 0.5) is 0 Å². The van der Waals surface area contributed by atoms with E-state index in [1.54, 1.807) is 0 Å². The molecule has 100 valence electrons. The van der Waals surface area contributed by atoms with E-state index in [2.05, 4.69) is 11.6 Å². The number of hydrogen-bond donors (Lipinski definition) is 1. The molecule has 1 fully saturated rings. The summed E-state index contributed by atoms with van der Waals surface area (Å²) in [7, 11) is 0. The Bertz CT molecular complexity index is 617. The summed E-state index contributed by atoms with van der Waals surface area (Å²) in [4.78, 5) is 46.9. The second kappa shape index (κ2) is 5.15. The number of aldehydes is 2. The fourth-order valence-corrected chi connectivity index (χ4v) is 2.17. The van der Waals surface area contributed by atoms with E-state index >= 15 is 0 Å². The summed E-state index contributed by atoms with van der Waals surface area (Å²) in [5, 5.41) is 0. The first-order valence-corrected chi connectivity index (χ1v) is 5.62. The van der Waals surface area contributed by atoms with Crippen LogP contribution >= 0.6 is 0 Å². The molecule has 2 rings (SSSR count). The van der Waals surface area contributed by atoms with E-state index in [4.69, 9.17) is 4.74 Å². The SMILES string of the molecule is C=C[C@H]1O[C@@H](n2ccc(=O)[nH]c2=O)[C@H](C=O)[C@@H]1C=O. The smallest absolute Gasteiger partial charge is 0.330 e. The molecule has 1 aliphatic heterocycles. The Morgan fingerprint density at radius 1 is 1.26 bits per heavy atom. The lowest BCUT2D eigenvalue weighted by atomic mass is 9.91. The van der Waals surface area contributed by atoms with Gasteiger partial charge in [-0.15, -0.1) is 6.58 Å². The van der Waals surface area contributed by atoms with Crippen molar-refractivity contribution >= 4 is 12.6 Å². The maximum absolute atomic E-state index is 11.7. The third-order valence-corrected chi connectivity index (χ3v) is 3.12. The third kappa shape index (κ3) is 2.19. The first kappa shape index (κ1) is 13.2. The maximum atomic E-state index is 11.7. The molecule has 0 radical (unpaired) electrons. The first-order chi connectivity index (χ1) is 9.12. The van der Waals surface area contributed by atoms with Gasteiger partial charge in [-0.3, -0.25) is 14.3 Å². The summed E-state index contributed by atoms with van der Waals surface area (Å²) in [5.74, 6) is -1.50. The minimum Gasteiger partial charge on any atom is -0.349 e. The van der Waals surface area contributed by atoms with Gasteiger partial charge in [0.1, 0.15) is 18.8 Å². The zero-order chi connectivity index (χ0) is 14.0. The molecule has 1 saturated heterocycles. The molecule has 7 heteroatoms. The number of carbonyl (C=O) groups excluding carboxylic acids is 2. The second-order valence-electron chi connectivity index (χ2n) is 4.17. The Balaban J connectivity index is 2.46. The van der Waals surface area contributed by atoms with Crippen molar-refractivity contribution < 1.29 is 14.3 Å². The minimum atomic E-state index is -0.931. The van der Waals surface area contributed by atoms with Crippen LogP contribution in [0.15, 0.2) is 34.5 Å². The Labute approximate surface area is 107 Å². The zero-order valence-electron chi connectivity index (χ0n) is 9.89. The summed E-state index contributed by atoms with van der Waals surface area (Å²) in [6.45, 7) is 3.53. The molecule has 0 amide bonds. The highest BCUT2D eigenvalue weighted by Gasteiger charge is 2.44. The number of carbonyl (C=O) groups is 2. The number of nitrogens with one attached hydrogen (secondary N) is 1. The summed E-state index contributed by atoms with van der Waals surface area (Å²) in [5.41, 5.74) is -1.24. The molecular formula is C12H12N2O5. The first-order valence-electron chi connectivity index (χ1n) is 5.62. The molecule has 4 atom stereocenters. The highest BCUT2D eigenvalue weighted by molar-refractivity contribution is 5.67. The Hall–Kier alpha value is -2.28. The molecule has 7 nitrogen and oxygen atoms in total. The highest BCUT2D eigenvalue weighted by atomic mass is 16.5. The second-order valence-corrected chi connectivity index (χ2v) is 4.17. The van der Waals surface area contributed by atoms with Crippen molar-refractivity contribution in [1.82, 2.24) is 9.55 Å². The van der Waals surface area contributed by atoms with Crippen LogP contribution in [0.1, 0.15) is 6.23 Å². The van der Waals surface area contributed by atoms with Gasteiger partial charge in [-0.2, -0.15) is 0 Å². The summed E-state index contributed by atoms with van der Waals surface area (Å²) in [6.07, 6.45) is 2.26. The van der Waals surface area contributed by atoms with Gasteiger partial charge in [0.05, 0.1) is 17.9 Å². The van der Waals surface area contributed by atoms with Gasteiger partial charge >= 0.3 is 5.69 Å². The lowest BCUT2D eigenvalue weighted by Crippen LogP contribution is -2.34. The van der Waals surface area contributed by atoms with E-state index < -0.39 is 35.4 Å². The number of hydrogen-bond acceptors (Lipinski definition) is 5. The highest BCUT2D eigenvalue weighted by Crippen LogP contribution is 2.36. The zero-order valence-corrected chi connectivity index (χ0v) is 9.89. The Morgan fingerprint density at radius 2 is 1.95 bits per heavy atom. The van der Waals surface area contributed by atoms with Crippen molar-refractivity contribution in [2.75, 3.05) is 0 Å². The maximum Gasteiger partial charge on any atom is 0.330 e. The monoisotopic (exact) mass is 264 g/mol. The molecule has 2 heterocycles. The normalized spacial score (nSPS) is 29.9. The summed E-state index contributed by atoms with van der Waals surface area (Å²) < 4.78 is 6.57. The molecule has 0 saturated carbocycles. The minimum absolute atomic E-state index is 0.547. The van der Waals surface area contributed by atoms with Crippen LogP contribution in [-0.4, -0.2) is 28.2 Å². The largest absolute Gasteiger partial charge is 0.349 e. The van der Waals surface area contributed by atoms with E-state index in [0.29, 0.717) is 12.6 Å². The van der Waals surface area contributed by atoms with Gasteiger partial charge in [-0.25, -0.2) is 4.79 Å². The average Bonchev–Trinajstić information content (AvgIpc) is 2.76. The fraction of sp³-hybridized carbons (Fsp3) is 0.333.